The Morgan fingerprint density at radius 1 is 0.719 bits per heavy atom. The van der Waals surface area contributed by atoms with E-state index in [-0.39, 0.29) is 13.2 Å². The molecule has 0 radical (unpaired) electrons. The summed E-state index contributed by atoms with van der Waals surface area (Å²) in [7, 11) is 1.54. The summed E-state index contributed by atoms with van der Waals surface area (Å²) in [6.45, 7) is 4.00. The Hall–Kier alpha value is -4.00. The van der Waals surface area contributed by atoms with E-state index in [2.05, 4.69) is 0 Å². The van der Waals surface area contributed by atoms with Gasteiger partial charge < -0.3 is 14.2 Å². The van der Waals surface area contributed by atoms with E-state index in [1.54, 1.807) is 13.8 Å². The number of methoxy groups -OCH3 is 1. The van der Waals surface area contributed by atoms with Gasteiger partial charge in [0.15, 0.2) is 5.75 Å². The Labute approximate surface area is 183 Å². The maximum absolute atomic E-state index is 13.0. The van der Waals surface area contributed by atoms with Gasteiger partial charge in [0.05, 0.1) is 31.4 Å². The standard InChI is InChI=1S/C25H22N2O5/c1-4-31-24(28)26-19-12-8-6-10-15(19)17-14-18-16-11-7-9-13-20(16)27(25(29)32-5-2)22(18)23(30-3)21(17)26/h6-14H,4-5H2,1-3H3. The first-order valence-electron chi connectivity index (χ1n) is 10.5. The number of aromatic nitrogens is 2. The van der Waals surface area contributed by atoms with Crippen LogP contribution >= 0.6 is 0 Å². The van der Waals surface area contributed by atoms with Crippen molar-refractivity contribution in [3.63, 3.8) is 0 Å². The van der Waals surface area contributed by atoms with Gasteiger partial charge in [-0.05, 0) is 32.0 Å². The molecule has 0 aliphatic carbocycles. The molecule has 2 aromatic heterocycles. The van der Waals surface area contributed by atoms with E-state index in [0.29, 0.717) is 27.8 Å². The van der Waals surface area contributed by atoms with Crippen LogP contribution in [0.1, 0.15) is 13.8 Å². The number of nitrogens with zero attached hydrogens (tertiary/aromatic N) is 2. The first kappa shape index (κ1) is 19.9. The molecule has 0 spiro atoms. The van der Waals surface area contributed by atoms with Crippen molar-refractivity contribution in [1.82, 2.24) is 9.13 Å². The number of carbonyl (C=O) groups excluding carboxylic acids is 2. The lowest BCUT2D eigenvalue weighted by atomic mass is 10.1. The maximum Gasteiger partial charge on any atom is 0.419 e. The van der Waals surface area contributed by atoms with Crippen molar-refractivity contribution < 1.29 is 23.8 Å². The summed E-state index contributed by atoms with van der Waals surface area (Å²) < 4.78 is 19.6. The number of hydrogen-bond acceptors (Lipinski definition) is 5. The van der Waals surface area contributed by atoms with Gasteiger partial charge in [0.25, 0.3) is 0 Å². The van der Waals surface area contributed by atoms with Crippen LogP contribution in [0, 0.1) is 0 Å². The molecular weight excluding hydrogens is 408 g/mol. The molecule has 0 aliphatic rings. The van der Waals surface area contributed by atoms with Crippen molar-refractivity contribution in [2.45, 2.75) is 13.8 Å². The highest BCUT2D eigenvalue weighted by atomic mass is 16.6. The van der Waals surface area contributed by atoms with Crippen LogP contribution in [0.3, 0.4) is 0 Å². The van der Waals surface area contributed by atoms with Gasteiger partial charge in [-0.3, -0.25) is 0 Å². The summed E-state index contributed by atoms with van der Waals surface area (Å²) >= 11 is 0. The molecule has 5 rings (SSSR count). The monoisotopic (exact) mass is 430 g/mol. The molecule has 32 heavy (non-hydrogen) atoms. The molecular formula is C25H22N2O5. The van der Waals surface area contributed by atoms with E-state index >= 15 is 0 Å². The second-order valence-corrected chi connectivity index (χ2v) is 7.31. The normalized spacial score (nSPS) is 11.5. The molecule has 2 heterocycles. The van der Waals surface area contributed by atoms with Crippen LogP contribution in [-0.2, 0) is 9.47 Å². The number of hydrogen-bond donors (Lipinski definition) is 0. The largest absolute Gasteiger partial charge is 0.492 e. The lowest BCUT2D eigenvalue weighted by Crippen LogP contribution is -2.15. The molecule has 0 atom stereocenters. The summed E-state index contributed by atoms with van der Waals surface area (Å²) in [6, 6.07) is 17.3. The third kappa shape index (κ3) is 2.67. The van der Waals surface area contributed by atoms with E-state index in [0.717, 1.165) is 21.5 Å². The van der Waals surface area contributed by atoms with Gasteiger partial charge in [-0.15, -0.1) is 0 Å². The fourth-order valence-electron chi connectivity index (χ4n) is 4.47. The molecule has 3 aromatic carbocycles. The van der Waals surface area contributed by atoms with Crippen LogP contribution < -0.4 is 4.74 Å². The third-order valence-corrected chi connectivity index (χ3v) is 5.65. The minimum absolute atomic E-state index is 0.237. The average Bonchev–Trinajstić information content (AvgIpc) is 3.31. The van der Waals surface area contributed by atoms with Gasteiger partial charge in [-0.1, -0.05) is 36.4 Å². The molecule has 0 aliphatic heterocycles. The van der Waals surface area contributed by atoms with E-state index < -0.39 is 12.2 Å². The van der Waals surface area contributed by atoms with Crippen molar-refractivity contribution >= 4 is 55.8 Å². The van der Waals surface area contributed by atoms with Crippen molar-refractivity contribution in [3.8, 4) is 5.75 Å². The minimum Gasteiger partial charge on any atom is -0.492 e. The van der Waals surface area contributed by atoms with E-state index in [4.69, 9.17) is 14.2 Å². The summed E-state index contributed by atoms with van der Waals surface area (Å²) in [4.78, 5) is 26.0. The molecule has 0 unspecified atom stereocenters. The zero-order valence-corrected chi connectivity index (χ0v) is 18.0. The van der Waals surface area contributed by atoms with Gasteiger partial charge in [0.1, 0.15) is 11.0 Å². The first-order valence-corrected chi connectivity index (χ1v) is 10.5. The van der Waals surface area contributed by atoms with E-state index in [1.807, 2.05) is 54.6 Å². The Morgan fingerprint density at radius 3 is 1.56 bits per heavy atom. The van der Waals surface area contributed by atoms with Crippen LogP contribution in [0.5, 0.6) is 5.75 Å². The molecule has 162 valence electrons. The molecule has 0 bridgehead atoms. The fourth-order valence-corrected chi connectivity index (χ4v) is 4.47. The SMILES string of the molecule is CCOC(=O)n1c2ccccc2c2cc3c4ccccc4n(C(=O)OCC)c3c(OC)c21. The van der Waals surface area contributed by atoms with E-state index in [1.165, 1.54) is 16.2 Å². The van der Waals surface area contributed by atoms with Crippen LogP contribution in [0.25, 0.3) is 43.6 Å². The Morgan fingerprint density at radius 2 is 1.16 bits per heavy atom. The summed E-state index contributed by atoms with van der Waals surface area (Å²) in [5, 5.41) is 3.46. The zero-order chi connectivity index (χ0) is 22.4. The fraction of sp³-hybridized carbons (Fsp3) is 0.200. The number of benzene rings is 3. The number of fused-ring (bicyclic) bond motifs is 6. The Bertz CT molecular complexity index is 1420. The molecule has 0 amide bonds. The topological polar surface area (TPSA) is 71.7 Å². The predicted molar refractivity (Wildman–Crippen MR) is 124 cm³/mol. The highest BCUT2D eigenvalue weighted by Crippen LogP contribution is 2.44. The van der Waals surface area contributed by atoms with Crippen molar-refractivity contribution in [2.75, 3.05) is 20.3 Å². The Kier molecular flexibility index (Phi) is 4.74. The van der Waals surface area contributed by atoms with Gasteiger partial charge in [0, 0.05) is 21.5 Å². The molecule has 7 nitrogen and oxygen atoms in total. The van der Waals surface area contributed by atoms with Gasteiger partial charge in [0.2, 0.25) is 0 Å². The van der Waals surface area contributed by atoms with Crippen LogP contribution in [0.15, 0.2) is 54.6 Å². The van der Waals surface area contributed by atoms with Crippen LogP contribution in [-0.4, -0.2) is 41.6 Å². The smallest absolute Gasteiger partial charge is 0.419 e. The van der Waals surface area contributed by atoms with Crippen molar-refractivity contribution in [2.24, 2.45) is 0 Å². The number of ether oxygens (including phenoxy) is 3. The second kappa shape index (κ2) is 7.60. The second-order valence-electron chi connectivity index (χ2n) is 7.31. The van der Waals surface area contributed by atoms with E-state index in [9.17, 15) is 9.59 Å². The molecule has 5 aromatic rings. The van der Waals surface area contributed by atoms with Crippen LogP contribution in [0.2, 0.25) is 0 Å². The first-order chi connectivity index (χ1) is 15.6. The highest BCUT2D eigenvalue weighted by Gasteiger charge is 2.27. The van der Waals surface area contributed by atoms with Crippen molar-refractivity contribution in [3.05, 3.63) is 54.6 Å². The average molecular weight is 430 g/mol. The summed E-state index contributed by atoms with van der Waals surface area (Å²) in [5.41, 5.74) is 2.51. The van der Waals surface area contributed by atoms with Gasteiger partial charge >= 0.3 is 12.2 Å². The lowest BCUT2D eigenvalue weighted by molar-refractivity contribution is 0.155. The molecule has 7 heteroatoms. The zero-order valence-electron chi connectivity index (χ0n) is 18.0. The highest BCUT2D eigenvalue weighted by molar-refractivity contribution is 6.24. The number of rotatable bonds is 3. The third-order valence-electron chi connectivity index (χ3n) is 5.65. The van der Waals surface area contributed by atoms with Gasteiger partial charge in [-0.25, -0.2) is 18.7 Å². The molecule has 0 saturated carbocycles. The molecule has 0 fully saturated rings. The molecule has 0 saturated heterocycles. The minimum atomic E-state index is -0.504. The summed E-state index contributed by atoms with van der Waals surface area (Å²) in [5.74, 6) is 0.408. The molecule has 0 N–H and O–H groups in total. The van der Waals surface area contributed by atoms with Crippen LogP contribution in [0.4, 0.5) is 9.59 Å². The Balaban J connectivity index is 2.05. The van der Waals surface area contributed by atoms with Gasteiger partial charge in [-0.2, -0.15) is 0 Å². The predicted octanol–water partition coefficient (Wildman–Crippen LogP) is 5.92. The number of para-hydroxylation sites is 2. The number of carbonyl (C=O) groups is 2. The summed E-state index contributed by atoms with van der Waals surface area (Å²) in [6.07, 6.45) is -1.01. The van der Waals surface area contributed by atoms with Crippen molar-refractivity contribution in [1.29, 1.82) is 0 Å². The quantitative estimate of drug-likeness (QED) is 0.355. The maximum atomic E-state index is 13.0. The lowest BCUT2D eigenvalue weighted by Gasteiger charge is -2.12.